The second-order valence-electron chi connectivity index (χ2n) is 3.67. The molecular weight excluding hydrogens is 186 g/mol. The van der Waals surface area contributed by atoms with Crippen molar-refractivity contribution in [2.75, 3.05) is 6.61 Å². The number of rotatable bonds is 3. The smallest absolute Gasteiger partial charge is 0.322 e. The summed E-state index contributed by atoms with van der Waals surface area (Å²) < 4.78 is 10.4. The Balaban J connectivity index is 2.47. The number of carbonyl (C=O) groups is 1. The number of nitrogens with two attached hydrogens (primary N) is 1. The Bertz CT molecular complexity index is 207. The summed E-state index contributed by atoms with van der Waals surface area (Å²) in [6.45, 7) is 3.30. The minimum Gasteiger partial charge on any atom is -0.458 e. The van der Waals surface area contributed by atoms with Crippen molar-refractivity contribution in [3.05, 3.63) is 0 Å². The van der Waals surface area contributed by atoms with E-state index in [1.54, 1.807) is 6.92 Å². The van der Waals surface area contributed by atoms with E-state index in [-0.39, 0.29) is 18.8 Å². The maximum absolute atomic E-state index is 11.2. The molecule has 0 spiro atoms. The van der Waals surface area contributed by atoms with Crippen LogP contribution in [0.5, 0.6) is 0 Å². The van der Waals surface area contributed by atoms with Crippen LogP contribution < -0.4 is 5.73 Å². The third kappa shape index (κ3) is 2.67. The number of hydrogen-bond acceptors (Lipinski definition) is 5. The molecule has 1 heterocycles. The lowest BCUT2D eigenvalue weighted by Crippen LogP contribution is -2.36. The van der Waals surface area contributed by atoms with Gasteiger partial charge in [0.2, 0.25) is 0 Å². The van der Waals surface area contributed by atoms with E-state index in [9.17, 15) is 4.79 Å². The van der Waals surface area contributed by atoms with Crippen molar-refractivity contribution < 1.29 is 19.4 Å². The van der Waals surface area contributed by atoms with E-state index in [2.05, 4.69) is 0 Å². The highest BCUT2D eigenvalue weighted by atomic mass is 16.6. The normalized spacial score (nSPS) is 34.1. The van der Waals surface area contributed by atoms with Crippen LogP contribution in [-0.2, 0) is 14.3 Å². The van der Waals surface area contributed by atoms with E-state index in [4.69, 9.17) is 20.3 Å². The van der Waals surface area contributed by atoms with Crippen molar-refractivity contribution in [3.63, 3.8) is 0 Å². The maximum atomic E-state index is 11.2. The van der Waals surface area contributed by atoms with Gasteiger partial charge in [0, 0.05) is 6.42 Å². The van der Waals surface area contributed by atoms with Gasteiger partial charge in [-0.05, 0) is 13.8 Å². The van der Waals surface area contributed by atoms with Crippen LogP contribution in [0.25, 0.3) is 0 Å². The van der Waals surface area contributed by atoms with Crippen molar-refractivity contribution in [2.45, 2.75) is 44.6 Å². The number of ether oxygens (including phenoxy) is 2. The Morgan fingerprint density at radius 3 is 2.93 bits per heavy atom. The fourth-order valence-electron chi connectivity index (χ4n) is 1.46. The number of carbonyl (C=O) groups excluding carboxylic acids is 1. The molecule has 0 aromatic heterocycles. The van der Waals surface area contributed by atoms with E-state index < -0.39 is 18.1 Å². The van der Waals surface area contributed by atoms with Gasteiger partial charge in [0.25, 0.3) is 0 Å². The average Bonchev–Trinajstić information content (AvgIpc) is 2.45. The Hall–Kier alpha value is -0.650. The molecule has 3 N–H and O–H groups in total. The predicted molar refractivity (Wildman–Crippen MR) is 49.6 cm³/mol. The van der Waals surface area contributed by atoms with E-state index in [1.165, 1.54) is 0 Å². The largest absolute Gasteiger partial charge is 0.458 e. The minimum atomic E-state index is -0.634. The molecule has 82 valence electrons. The van der Waals surface area contributed by atoms with E-state index in [0.29, 0.717) is 6.42 Å². The second kappa shape index (κ2) is 4.72. The van der Waals surface area contributed by atoms with Crippen LogP contribution in [0.3, 0.4) is 0 Å². The Kier molecular flexibility index (Phi) is 3.86. The topological polar surface area (TPSA) is 81.8 Å². The molecule has 1 aliphatic heterocycles. The number of aliphatic hydroxyl groups excluding tert-OH is 1. The van der Waals surface area contributed by atoms with Gasteiger partial charge in [-0.25, -0.2) is 0 Å². The lowest BCUT2D eigenvalue weighted by Gasteiger charge is -2.17. The molecule has 1 saturated heterocycles. The average molecular weight is 203 g/mol. The van der Waals surface area contributed by atoms with Gasteiger partial charge in [-0.15, -0.1) is 0 Å². The van der Waals surface area contributed by atoms with Crippen LogP contribution >= 0.6 is 0 Å². The molecule has 0 saturated carbocycles. The molecule has 0 radical (unpaired) electrons. The quantitative estimate of drug-likeness (QED) is 0.599. The summed E-state index contributed by atoms with van der Waals surface area (Å²) in [4.78, 5) is 11.2. The van der Waals surface area contributed by atoms with Crippen LogP contribution in [0.4, 0.5) is 0 Å². The Morgan fingerprint density at radius 2 is 2.43 bits per heavy atom. The SMILES string of the molecule is C[C@H](N)C(=O)OC1C[C@H](C)O[C@@H]1CO. The summed E-state index contributed by atoms with van der Waals surface area (Å²) >= 11 is 0. The van der Waals surface area contributed by atoms with Gasteiger partial charge >= 0.3 is 5.97 Å². The Morgan fingerprint density at radius 1 is 1.79 bits per heavy atom. The monoisotopic (exact) mass is 203 g/mol. The van der Waals surface area contributed by atoms with Crippen LogP contribution in [0.2, 0.25) is 0 Å². The summed E-state index contributed by atoms with van der Waals surface area (Å²) in [5, 5.41) is 8.96. The first-order valence-corrected chi connectivity index (χ1v) is 4.77. The second-order valence-corrected chi connectivity index (χ2v) is 3.67. The van der Waals surface area contributed by atoms with Crippen LogP contribution in [0.15, 0.2) is 0 Å². The summed E-state index contributed by atoms with van der Waals surface area (Å²) in [5.41, 5.74) is 5.36. The van der Waals surface area contributed by atoms with E-state index in [1.807, 2.05) is 6.92 Å². The Labute approximate surface area is 83.2 Å². The third-order valence-electron chi connectivity index (χ3n) is 2.21. The van der Waals surface area contributed by atoms with Crippen LogP contribution in [-0.4, -0.2) is 42.0 Å². The van der Waals surface area contributed by atoms with E-state index >= 15 is 0 Å². The van der Waals surface area contributed by atoms with E-state index in [0.717, 1.165) is 0 Å². The summed E-state index contributed by atoms with van der Waals surface area (Å²) in [6.07, 6.45) is -0.150. The molecule has 0 aliphatic carbocycles. The molecule has 1 aliphatic rings. The molecule has 5 nitrogen and oxygen atoms in total. The van der Waals surface area contributed by atoms with Crippen molar-refractivity contribution >= 4 is 5.97 Å². The van der Waals surface area contributed by atoms with Gasteiger partial charge in [0.1, 0.15) is 18.2 Å². The molecule has 0 bridgehead atoms. The highest BCUT2D eigenvalue weighted by Crippen LogP contribution is 2.22. The van der Waals surface area contributed by atoms with Crippen LogP contribution in [0, 0.1) is 0 Å². The molecular formula is C9H17NO4. The number of aliphatic hydroxyl groups is 1. The molecule has 1 unspecified atom stereocenters. The fraction of sp³-hybridized carbons (Fsp3) is 0.889. The van der Waals surface area contributed by atoms with Gasteiger partial charge in [-0.3, -0.25) is 4.79 Å². The molecule has 1 rings (SSSR count). The first kappa shape index (κ1) is 11.4. The van der Waals surface area contributed by atoms with Gasteiger partial charge < -0.3 is 20.3 Å². The first-order valence-electron chi connectivity index (χ1n) is 4.77. The number of esters is 1. The maximum Gasteiger partial charge on any atom is 0.322 e. The van der Waals surface area contributed by atoms with Gasteiger partial charge in [0.15, 0.2) is 0 Å². The molecule has 0 amide bonds. The highest BCUT2D eigenvalue weighted by molar-refractivity contribution is 5.75. The first-order chi connectivity index (χ1) is 6.54. The molecule has 5 heteroatoms. The molecule has 4 atom stereocenters. The lowest BCUT2D eigenvalue weighted by molar-refractivity contribution is -0.154. The zero-order valence-electron chi connectivity index (χ0n) is 8.47. The van der Waals surface area contributed by atoms with Crippen molar-refractivity contribution in [1.29, 1.82) is 0 Å². The number of hydrogen-bond donors (Lipinski definition) is 2. The highest BCUT2D eigenvalue weighted by Gasteiger charge is 2.35. The van der Waals surface area contributed by atoms with Crippen molar-refractivity contribution in [2.24, 2.45) is 5.73 Å². The van der Waals surface area contributed by atoms with Crippen molar-refractivity contribution in [1.82, 2.24) is 0 Å². The van der Waals surface area contributed by atoms with Gasteiger partial charge in [-0.1, -0.05) is 0 Å². The molecule has 14 heavy (non-hydrogen) atoms. The molecule has 0 aromatic carbocycles. The molecule has 0 aromatic rings. The summed E-state index contributed by atoms with van der Waals surface area (Å²) in [6, 6.07) is -0.634. The third-order valence-corrected chi connectivity index (χ3v) is 2.21. The fourth-order valence-corrected chi connectivity index (χ4v) is 1.46. The zero-order chi connectivity index (χ0) is 10.7. The van der Waals surface area contributed by atoms with Gasteiger partial charge in [0.05, 0.1) is 12.7 Å². The molecule has 1 fully saturated rings. The predicted octanol–water partition coefficient (Wildman–Crippen LogP) is -0.585. The zero-order valence-corrected chi connectivity index (χ0v) is 8.47. The standard InChI is InChI=1S/C9H17NO4/c1-5-3-7(8(4-11)13-5)14-9(12)6(2)10/h5-8,11H,3-4,10H2,1-2H3/t5-,6-,7?,8+/m0/s1. The minimum absolute atomic E-state index is 0.0121. The van der Waals surface area contributed by atoms with Crippen LogP contribution in [0.1, 0.15) is 20.3 Å². The lowest BCUT2D eigenvalue weighted by atomic mass is 10.1. The van der Waals surface area contributed by atoms with Gasteiger partial charge in [-0.2, -0.15) is 0 Å². The summed E-state index contributed by atoms with van der Waals surface area (Å²) in [5.74, 6) is -0.453. The van der Waals surface area contributed by atoms with Crippen molar-refractivity contribution in [3.8, 4) is 0 Å². The summed E-state index contributed by atoms with van der Waals surface area (Å²) in [7, 11) is 0.